The Hall–Kier alpha value is -2.60. The van der Waals surface area contributed by atoms with E-state index in [9.17, 15) is 14.7 Å². The van der Waals surface area contributed by atoms with E-state index in [-0.39, 0.29) is 35.9 Å². The Morgan fingerprint density at radius 1 is 1.30 bits per heavy atom. The summed E-state index contributed by atoms with van der Waals surface area (Å²) in [4.78, 5) is 27.8. The summed E-state index contributed by atoms with van der Waals surface area (Å²) < 4.78 is 2.95. The number of alkyl halides is 1. The molecule has 3 aromatic rings. The van der Waals surface area contributed by atoms with Crippen LogP contribution in [0.2, 0.25) is 0 Å². The van der Waals surface area contributed by atoms with E-state index in [0.29, 0.717) is 18.1 Å². The number of carbonyl (C=O) groups is 2. The molecule has 134 valence electrons. The van der Waals surface area contributed by atoms with Crippen LogP contribution < -0.4 is 29.3 Å². The molecule has 0 saturated heterocycles. The number of aryl methyl sites for hydroxylation is 2. The van der Waals surface area contributed by atoms with Gasteiger partial charge in [0.25, 0.3) is 5.91 Å². The van der Waals surface area contributed by atoms with Gasteiger partial charge in [0.15, 0.2) is 0 Å². The first-order valence-corrected chi connectivity index (χ1v) is 8.13. The van der Waals surface area contributed by atoms with Crippen LogP contribution in [0.3, 0.4) is 0 Å². The summed E-state index contributed by atoms with van der Waals surface area (Å²) in [6, 6.07) is 4.95. The van der Waals surface area contributed by atoms with Crippen molar-refractivity contribution >= 4 is 29.2 Å². The molecule has 0 unspecified atom stereocenters. The average molecular weight is 381 g/mol. The Bertz CT molecular complexity index is 971. The van der Waals surface area contributed by atoms with Gasteiger partial charge in [0.05, 0.1) is 30.1 Å². The fourth-order valence-electron chi connectivity index (χ4n) is 2.34. The van der Waals surface area contributed by atoms with E-state index in [4.69, 9.17) is 11.6 Å². The van der Waals surface area contributed by atoms with E-state index < -0.39 is 11.9 Å². The van der Waals surface area contributed by atoms with Gasteiger partial charge in [-0.25, -0.2) is 4.98 Å². The molecule has 0 aliphatic heterocycles. The number of amides is 1. The number of carboxylic acid groups (broad SMARTS) is 1. The van der Waals surface area contributed by atoms with Crippen molar-refractivity contribution in [3.63, 3.8) is 0 Å². The summed E-state index contributed by atoms with van der Waals surface area (Å²) in [7, 11) is 1.54. The van der Waals surface area contributed by atoms with E-state index >= 15 is 0 Å². The fraction of sp³-hybridized carbons (Fsp3) is 0.188. The monoisotopic (exact) mass is 380 g/mol. The van der Waals surface area contributed by atoms with Crippen LogP contribution in [0.1, 0.15) is 21.0 Å². The van der Waals surface area contributed by atoms with Crippen LogP contribution in [0.5, 0.6) is 0 Å². The molecule has 9 nitrogen and oxygen atoms in total. The van der Waals surface area contributed by atoms with Crippen LogP contribution in [0.4, 0.5) is 5.69 Å². The van der Waals surface area contributed by atoms with E-state index in [0.717, 1.165) is 5.56 Å². The minimum Gasteiger partial charge on any atom is -0.543 e. The second kappa shape index (κ2) is 8.86. The van der Waals surface area contributed by atoms with Gasteiger partial charge in [-0.05, 0) is 12.1 Å². The van der Waals surface area contributed by atoms with Gasteiger partial charge in [0.1, 0.15) is 11.4 Å². The van der Waals surface area contributed by atoms with Gasteiger partial charge in [-0.15, -0.1) is 11.6 Å². The van der Waals surface area contributed by atoms with Crippen LogP contribution in [0.25, 0.3) is 11.3 Å². The molecule has 0 radical (unpaired) electrons. The summed E-state index contributed by atoms with van der Waals surface area (Å²) in [5, 5.41) is 21.5. The summed E-state index contributed by atoms with van der Waals surface area (Å²) in [6.07, 6.45) is 4.79. The number of nitrogens with zero attached hydrogens (tertiary/aromatic N) is 5. The topological polar surface area (TPSA) is 118 Å². The van der Waals surface area contributed by atoms with Crippen LogP contribution in [-0.2, 0) is 13.6 Å². The van der Waals surface area contributed by atoms with E-state index in [1.165, 1.54) is 16.9 Å². The smallest absolute Gasteiger partial charge is 0.543 e. The summed E-state index contributed by atoms with van der Waals surface area (Å²) >= 11 is 5.69. The molecule has 0 aliphatic rings. The summed E-state index contributed by atoms with van der Waals surface area (Å²) in [6.45, 7) is 0.564. The maximum atomic E-state index is 12.4. The van der Waals surface area contributed by atoms with Crippen LogP contribution in [-0.4, -0.2) is 42.3 Å². The fourth-order valence-corrected chi connectivity index (χ4v) is 2.52. The molecule has 0 atom stereocenters. The Kier molecular flexibility index (Phi) is 6.79. The number of anilines is 1. The van der Waals surface area contributed by atoms with Crippen molar-refractivity contribution in [1.29, 1.82) is 0 Å². The molecular weight excluding hydrogens is 367 g/mol. The van der Waals surface area contributed by atoms with Gasteiger partial charge in [-0.1, -0.05) is 6.07 Å². The molecule has 0 fully saturated rings. The minimum absolute atomic E-state index is 0. The number of aromatic carboxylic acids is 1. The van der Waals surface area contributed by atoms with Gasteiger partial charge in [-0.3, -0.25) is 14.2 Å². The number of pyridine rings is 1. The number of aromatic nitrogens is 5. The van der Waals surface area contributed by atoms with Crippen molar-refractivity contribution in [2.75, 3.05) is 11.2 Å². The minimum atomic E-state index is -1.48. The number of rotatable bonds is 6. The first-order valence-electron chi connectivity index (χ1n) is 7.60. The maximum absolute atomic E-state index is 12.4. The van der Waals surface area contributed by atoms with Crippen molar-refractivity contribution in [2.45, 2.75) is 6.54 Å². The molecule has 3 rings (SSSR count). The molecule has 3 heterocycles. The van der Waals surface area contributed by atoms with Crippen LogP contribution in [0.15, 0.2) is 36.8 Å². The first-order chi connectivity index (χ1) is 12.5. The normalized spacial score (nSPS) is 10.3. The molecule has 0 aliphatic carbocycles. The zero-order valence-electron chi connectivity index (χ0n) is 14.7. The second-order valence-corrected chi connectivity index (χ2v) is 5.77. The van der Waals surface area contributed by atoms with Gasteiger partial charge in [0, 0.05) is 30.9 Å². The van der Waals surface area contributed by atoms with Crippen molar-refractivity contribution in [3.05, 3.63) is 48.2 Å². The predicted octanol–water partition coefficient (Wildman–Crippen LogP) is -2.46. The third kappa shape index (κ3) is 4.77. The number of nitrogens with one attached hydrogen (secondary N) is 1. The van der Waals surface area contributed by atoms with Gasteiger partial charge >= 0.3 is 18.9 Å². The number of carboxylic acids is 1. The molecule has 1 N–H and O–H groups in total. The van der Waals surface area contributed by atoms with Gasteiger partial charge in [-0.2, -0.15) is 10.2 Å². The maximum Gasteiger partial charge on any atom is 1.00 e. The number of halogens is 1. The molecule has 27 heavy (non-hydrogen) atoms. The molecule has 0 bridgehead atoms. The Labute approximate surface area is 171 Å². The van der Waals surface area contributed by atoms with Crippen LogP contribution >= 0.6 is 11.6 Å². The SMILES string of the molecule is Cn1cc(NC(=O)c2cccc(-c3cnn(CCCl)c3)n2)c(C(=O)[O-])n1.[Li+]. The van der Waals surface area contributed by atoms with Crippen molar-refractivity contribution in [1.82, 2.24) is 24.5 Å². The first kappa shape index (κ1) is 20.7. The van der Waals surface area contributed by atoms with Crippen molar-refractivity contribution < 1.29 is 33.6 Å². The summed E-state index contributed by atoms with van der Waals surface area (Å²) in [5.74, 6) is -1.60. The third-order valence-corrected chi connectivity index (χ3v) is 3.66. The molecule has 0 saturated carbocycles. The molecule has 3 aromatic heterocycles. The molecule has 0 aromatic carbocycles. The van der Waals surface area contributed by atoms with Crippen LogP contribution in [0, 0.1) is 0 Å². The van der Waals surface area contributed by atoms with E-state index in [1.54, 1.807) is 36.3 Å². The Morgan fingerprint density at radius 2 is 2.07 bits per heavy atom. The van der Waals surface area contributed by atoms with Gasteiger partial charge in [0.2, 0.25) is 0 Å². The number of hydrogen-bond donors (Lipinski definition) is 1. The molecular formula is C16H14ClLiN6O3. The van der Waals surface area contributed by atoms with E-state index in [2.05, 4.69) is 20.5 Å². The standard InChI is InChI=1S/C16H15ClN6O3.Li/c1-22-9-13(14(21-22)16(25)26)20-15(24)12-4-2-3-11(19-12)10-7-18-23(8-10)6-5-17;/h2-4,7-9H,5-6H2,1H3,(H,20,24)(H,25,26);/q;+1/p-1. The second-order valence-electron chi connectivity index (χ2n) is 5.40. The zero-order chi connectivity index (χ0) is 18.7. The number of carbonyl (C=O) groups excluding carboxylic acids is 2. The van der Waals surface area contributed by atoms with Crippen molar-refractivity contribution in [3.8, 4) is 11.3 Å². The molecule has 1 amide bonds. The zero-order valence-corrected chi connectivity index (χ0v) is 15.5. The Balaban J connectivity index is 0.00000261. The quantitative estimate of drug-likeness (QED) is 0.374. The third-order valence-electron chi connectivity index (χ3n) is 3.49. The Morgan fingerprint density at radius 3 is 2.78 bits per heavy atom. The molecule has 11 heteroatoms. The number of hydrogen-bond acceptors (Lipinski definition) is 6. The van der Waals surface area contributed by atoms with Gasteiger partial charge < -0.3 is 15.2 Å². The largest absolute Gasteiger partial charge is 1.00 e. The predicted molar refractivity (Wildman–Crippen MR) is 91.7 cm³/mol. The average Bonchev–Trinajstić information content (AvgIpc) is 3.22. The van der Waals surface area contributed by atoms with Crippen molar-refractivity contribution in [2.24, 2.45) is 7.05 Å². The molecule has 0 spiro atoms. The van der Waals surface area contributed by atoms with E-state index in [1.807, 2.05) is 0 Å². The summed E-state index contributed by atoms with van der Waals surface area (Å²) in [5.41, 5.74) is 1.12.